The summed E-state index contributed by atoms with van der Waals surface area (Å²) in [4.78, 5) is 14.1. The van der Waals surface area contributed by atoms with Crippen molar-refractivity contribution >= 4 is 29.9 Å². The van der Waals surface area contributed by atoms with Gasteiger partial charge in [-0.25, -0.2) is 4.99 Å². The average Bonchev–Trinajstić information content (AvgIpc) is 3.22. The molecule has 7 nitrogen and oxygen atoms in total. The van der Waals surface area contributed by atoms with Gasteiger partial charge in [0.05, 0.1) is 17.9 Å². The van der Waals surface area contributed by atoms with Crippen LogP contribution in [0.4, 0.5) is 0 Å². The lowest BCUT2D eigenvalue weighted by atomic mass is 10.1. The van der Waals surface area contributed by atoms with Gasteiger partial charge in [0.15, 0.2) is 5.96 Å². The van der Waals surface area contributed by atoms with Gasteiger partial charge < -0.3 is 14.7 Å². The number of aryl methyl sites for hydroxylation is 1. The molecular formula is C24H31IN6O. The highest BCUT2D eigenvalue weighted by Crippen LogP contribution is 2.18. The van der Waals surface area contributed by atoms with Crippen LogP contribution in [0.3, 0.4) is 0 Å². The molecule has 0 bridgehead atoms. The van der Waals surface area contributed by atoms with Gasteiger partial charge in [-0.05, 0) is 37.6 Å². The summed E-state index contributed by atoms with van der Waals surface area (Å²) in [5.74, 6) is 1.84. The topological polar surface area (TPSA) is 69.8 Å². The number of pyridine rings is 1. The summed E-state index contributed by atoms with van der Waals surface area (Å²) < 4.78 is 5.19. The average molecular weight is 546 g/mol. The summed E-state index contributed by atoms with van der Waals surface area (Å²) in [7, 11) is 0. The number of aromatic nitrogens is 2. The monoisotopic (exact) mass is 546 g/mol. The van der Waals surface area contributed by atoms with Crippen LogP contribution in [0.2, 0.25) is 0 Å². The van der Waals surface area contributed by atoms with Crippen molar-refractivity contribution in [3.05, 3.63) is 71.7 Å². The van der Waals surface area contributed by atoms with Crippen LogP contribution in [-0.4, -0.2) is 58.6 Å². The molecule has 1 aromatic carbocycles. The molecule has 0 saturated carbocycles. The maximum Gasteiger partial charge on any atom is 0.194 e. The number of rotatable bonds is 6. The van der Waals surface area contributed by atoms with Crippen LogP contribution < -0.4 is 5.32 Å². The summed E-state index contributed by atoms with van der Waals surface area (Å²) in [6, 6.07) is 16.5. The molecule has 1 aliphatic rings. The van der Waals surface area contributed by atoms with Crippen LogP contribution in [-0.2, 0) is 13.1 Å². The number of hydrogen-bond donors (Lipinski definition) is 1. The molecule has 1 saturated heterocycles. The zero-order valence-electron chi connectivity index (χ0n) is 18.7. The molecule has 0 radical (unpaired) electrons. The summed E-state index contributed by atoms with van der Waals surface area (Å²) >= 11 is 0. The number of benzene rings is 1. The van der Waals surface area contributed by atoms with Gasteiger partial charge in [-0.3, -0.25) is 9.88 Å². The number of guanidine groups is 1. The van der Waals surface area contributed by atoms with E-state index in [9.17, 15) is 0 Å². The third-order valence-corrected chi connectivity index (χ3v) is 5.37. The second kappa shape index (κ2) is 12.0. The molecule has 1 aliphatic heterocycles. The Hall–Kier alpha value is -2.46. The maximum absolute atomic E-state index is 5.19. The van der Waals surface area contributed by atoms with E-state index in [0.717, 1.165) is 67.9 Å². The van der Waals surface area contributed by atoms with Crippen LogP contribution in [0, 0.1) is 6.92 Å². The Labute approximate surface area is 206 Å². The van der Waals surface area contributed by atoms with Gasteiger partial charge in [0.1, 0.15) is 5.76 Å². The molecule has 0 amide bonds. The minimum atomic E-state index is 0. The quantitative estimate of drug-likeness (QED) is 0.287. The van der Waals surface area contributed by atoms with Gasteiger partial charge in [-0.2, -0.15) is 0 Å². The summed E-state index contributed by atoms with van der Waals surface area (Å²) in [6.45, 7) is 10.2. The molecule has 3 heterocycles. The van der Waals surface area contributed by atoms with Crippen molar-refractivity contribution in [1.82, 2.24) is 25.3 Å². The van der Waals surface area contributed by atoms with E-state index >= 15 is 0 Å². The van der Waals surface area contributed by atoms with Crippen molar-refractivity contribution < 1.29 is 4.52 Å². The van der Waals surface area contributed by atoms with Gasteiger partial charge in [0.2, 0.25) is 0 Å². The van der Waals surface area contributed by atoms with Crippen molar-refractivity contribution in [1.29, 1.82) is 0 Å². The number of nitrogens with zero attached hydrogens (tertiary/aromatic N) is 5. The molecule has 32 heavy (non-hydrogen) atoms. The molecule has 1 fully saturated rings. The minimum absolute atomic E-state index is 0. The number of halogens is 1. The summed E-state index contributed by atoms with van der Waals surface area (Å²) in [5, 5.41) is 7.57. The van der Waals surface area contributed by atoms with E-state index in [1.54, 1.807) is 0 Å². The van der Waals surface area contributed by atoms with Crippen molar-refractivity contribution in [3.8, 4) is 11.3 Å². The standard InChI is InChI=1S/C24H30N6O.HI/c1-3-25-24(30-13-11-29(12-14-30)18-22-15-19(2)31-28-22)27-17-20-7-6-8-21(16-20)23-9-4-5-10-26-23;/h4-10,15-16H,3,11-14,17-18H2,1-2H3,(H,25,27);1H. The maximum atomic E-state index is 5.19. The smallest absolute Gasteiger partial charge is 0.194 e. The van der Waals surface area contributed by atoms with Crippen molar-refractivity contribution in [2.45, 2.75) is 26.9 Å². The first kappa shape index (κ1) is 24.2. The van der Waals surface area contributed by atoms with E-state index in [1.807, 2.05) is 37.4 Å². The molecule has 4 rings (SSSR count). The highest BCUT2D eigenvalue weighted by atomic mass is 127. The Morgan fingerprint density at radius 3 is 2.62 bits per heavy atom. The fourth-order valence-corrected chi connectivity index (χ4v) is 3.79. The molecule has 0 spiro atoms. The Balaban J connectivity index is 0.00000289. The Morgan fingerprint density at radius 2 is 1.94 bits per heavy atom. The molecule has 0 atom stereocenters. The van der Waals surface area contributed by atoms with Crippen molar-refractivity contribution in [2.75, 3.05) is 32.7 Å². The van der Waals surface area contributed by atoms with Crippen LogP contribution in [0.1, 0.15) is 23.9 Å². The highest BCUT2D eigenvalue weighted by molar-refractivity contribution is 14.0. The summed E-state index contributed by atoms with van der Waals surface area (Å²) in [5.41, 5.74) is 4.28. The minimum Gasteiger partial charge on any atom is -0.361 e. The first-order valence-electron chi connectivity index (χ1n) is 10.9. The molecule has 0 unspecified atom stereocenters. The van der Waals surface area contributed by atoms with Crippen LogP contribution in [0.25, 0.3) is 11.3 Å². The van der Waals surface area contributed by atoms with Gasteiger partial charge in [0.25, 0.3) is 0 Å². The fraction of sp³-hybridized carbons (Fsp3) is 0.375. The lowest BCUT2D eigenvalue weighted by molar-refractivity contribution is 0.169. The number of nitrogens with one attached hydrogen (secondary N) is 1. The first-order chi connectivity index (χ1) is 15.2. The lowest BCUT2D eigenvalue weighted by Crippen LogP contribution is -2.52. The molecule has 0 aliphatic carbocycles. The van der Waals surface area contributed by atoms with Gasteiger partial charge in [0, 0.05) is 57.1 Å². The SMILES string of the molecule is CCNC(=NCc1cccc(-c2ccccn2)c1)N1CCN(Cc2cc(C)on2)CC1.I. The van der Waals surface area contributed by atoms with Crippen molar-refractivity contribution in [3.63, 3.8) is 0 Å². The lowest BCUT2D eigenvalue weighted by Gasteiger charge is -2.36. The van der Waals surface area contributed by atoms with E-state index in [0.29, 0.717) is 6.54 Å². The van der Waals surface area contributed by atoms with E-state index < -0.39 is 0 Å². The zero-order chi connectivity index (χ0) is 21.5. The first-order valence-corrected chi connectivity index (χ1v) is 10.9. The largest absolute Gasteiger partial charge is 0.361 e. The number of piperazine rings is 1. The van der Waals surface area contributed by atoms with E-state index in [2.05, 4.69) is 56.4 Å². The van der Waals surface area contributed by atoms with E-state index in [-0.39, 0.29) is 24.0 Å². The van der Waals surface area contributed by atoms with Crippen LogP contribution in [0.5, 0.6) is 0 Å². The van der Waals surface area contributed by atoms with Crippen molar-refractivity contribution in [2.24, 2.45) is 4.99 Å². The molecule has 3 aromatic rings. The third-order valence-electron chi connectivity index (χ3n) is 5.37. The molecular weight excluding hydrogens is 515 g/mol. The Bertz CT molecular complexity index is 998. The highest BCUT2D eigenvalue weighted by Gasteiger charge is 2.20. The molecule has 170 valence electrons. The van der Waals surface area contributed by atoms with Gasteiger partial charge in [-0.1, -0.05) is 29.4 Å². The van der Waals surface area contributed by atoms with Gasteiger partial charge in [-0.15, -0.1) is 24.0 Å². The van der Waals surface area contributed by atoms with Crippen LogP contribution in [0.15, 0.2) is 64.2 Å². The second-order valence-electron chi connectivity index (χ2n) is 7.78. The molecule has 8 heteroatoms. The van der Waals surface area contributed by atoms with E-state index in [4.69, 9.17) is 9.52 Å². The van der Waals surface area contributed by atoms with Crippen LogP contribution >= 0.6 is 24.0 Å². The zero-order valence-corrected chi connectivity index (χ0v) is 21.0. The number of hydrogen-bond acceptors (Lipinski definition) is 5. The normalized spacial score (nSPS) is 14.8. The van der Waals surface area contributed by atoms with E-state index in [1.165, 1.54) is 5.56 Å². The molecule has 1 N–H and O–H groups in total. The predicted molar refractivity (Wildman–Crippen MR) is 138 cm³/mol. The Morgan fingerprint density at radius 1 is 1.09 bits per heavy atom. The number of aliphatic imine (C=N–C) groups is 1. The van der Waals surface area contributed by atoms with Gasteiger partial charge >= 0.3 is 0 Å². The second-order valence-corrected chi connectivity index (χ2v) is 7.78. The summed E-state index contributed by atoms with van der Waals surface area (Å²) in [6.07, 6.45) is 1.83. The fourth-order valence-electron chi connectivity index (χ4n) is 3.79. The third kappa shape index (κ3) is 6.52. The predicted octanol–water partition coefficient (Wildman–Crippen LogP) is 3.95. The molecule has 2 aromatic heterocycles. The Kier molecular flexibility index (Phi) is 9.04.